The number of fused-ring (bicyclic) bond motifs is 1. The molecule has 0 spiro atoms. The van der Waals surface area contributed by atoms with Gasteiger partial charge in [-0.2, -0.15) is 0 Å². The van der Waals surface area contributed by atoms with E-state index in [1.807, 2.05) is 0 Å². The Labute approximate surface area is 102 Å². The first-order valence-electron chi connectivity index (χ1n) is 6.65. The molecule has 0 aromatic carbocycles. The summed E-state index contributed by atoms with van der Waals surface area (Å²) in [5.41, 5.74) is 0. The molecule has 0 amide bonds. The topological polar surface area (TPSA) is 52.0 Å². The second-order valence-electron chi connectivity index (χ2n) is 4.95. The van der Waals surface area contributed by atoms with Crippen molar-refractivity contribution in [3.8, 4) is 0 Å². The third-order valence-electron chi connectivity index (χ3n) is 3.65. The molecule has 0 bridgehead atoms. The molecule has 3 heterocycles. The summed E-state index contributed by atoms with van der Waals surface area (Å²) in [6, 6.07) is 0.541. The lowest BCUT2D eigenvalue weighted by Crippen LogP contribution is -2.27. The molecule has 1 atom stereocenters. The summed E-state index contributed by atoms with van der Waals surface area (Å²) in [7, 11) is 0. The second kappa shape index (κ2) is 5.14. The maximum absolute atomic E-state index is 5.74. The smallest absolute Gasteiger partial charge is 0.159 e. The van der Waals surface area contributed by atoms with Crippen LogP contribution >= 0.6 is 0 Å². The molecule has 1 saturated heterocycles. The Balaban J connectivity index is 1.52. The van der Waals surface area contributed by atoms with Crippen LogP contribution in [-0.4, -0.2) is 34.0 Å². The lowest BCUT2D eigenvalue weighted by molar-refractivity contribution is 0.0956. The Morgan fingerprint density at radius 1 is 1.29 bits per heavy atom. The van der Waals surface area contributed by atoms with Gasteiger partial charge in [-0.1, -0.05) is 0 Å². The van der Waals surface area contributed by atoms with E-state index >= 15 is 0 Å². The van der Waals surface area contributed by atoms with E-state index in [9.17, 15) is 0 Å². The summed E-state index contributed by atoms with van der Waals surface area (Å²) in [5.74, 6) is 2.13. The predicted octanol–water partition coefficient (Wildman–Crippen LogP) is 0.883. The zero-order valence-corrected chi connectivity index (χ0v) is 10.2. The van der Waals surface area contributed by atoms with Crippen molar-refractivity contribution < 1.29 is 4.74 Å². The third kappa shape index (κ3) is 2.50. The first-order valence-corrected chi connectivity index (χ1v) is 6.65. The van der Waals surface area contributed by atoms with E-state index in [1.54, 1.807) is 0 Å². The monoisotopic (exact) mass is 236 g/mol. The molecule has 1 fully saturated rings. The molecular weight excluding hydrogens is 216 g/mol. The Morgan fingerprint density at radius 3 is 3.18 bits per heavy atom. The number of hydrogen-bond donors (Lipinski definition) is 1. The number of aryl methyl sites for hydroxylation is 1. The van der Waals surface area contributed by atoms with E-state index in [4.69, 9.17) is 4.74 Å². The minimum Gasteiger partial charge on any atom is -0.372 e. The molecule has 5 heteroatoms. The molecule has 0 aliphatic carbocycles. The molecule has 94 valence electrons. The highest BCUT2D eigenvalue weighted by atomic mass is 16.5. The average molecular weight is 236 g/mol. The highest BCUT2D eigenvalue weighted by Gasteiger charge is 2.17. The van der Waals surface area contributed by atoms with Crippen LogP contribution in [0.15, 0.2) is 0 Å². The van der Waals surface area contributed by atoms with E-state index in [0.29, 0.717) is 12.6 Å². The van der Waals surface area contributed by atoms with Gasteiger partial charge in [0.05, 0.1) is 6.61 Å². The summed E-state index contributed by atoms with van der Waals surface area (Å²) in [5, 5.41) is 11.9. The molecule has 0 radical (unpaired) electrons. The Morgan fingerprint density at radius 2 is 2.29 bits per heavy atom. The molecule has 3 rings (SSSR count). The molecule has 1 unspecified atom stereocenters. The van der Waals surface area contributed by atoms with Crippen molar-refractivity contribution in [1.82, 2.24) is 20.1 Å². The number of rotatable bonds is 4. The summed E-state index contributed by atoms with van der Waals surface area (Å²) in [4.78, 5) is 0. The van der Waals surface area contributed by atoms with E-state index < -0.39 is 0 Å². The third-order valence-corrected chi connectivity index (χ3v) is 3.65. The van der Waals surface area contributed by atoms with Gasteiger partial charge in [0.25, 0.3) is 0 Å². The molecule has 0 saturated carbocycles. The highest BCUT2D eigenvalue weighted by Crippen LogP contribution is 2.15. The van der Waals surface area contributed by atoms with Gasteiger partial charge in [-0.25, -0.2) is 0 Å². The summed E-state index contributed by atoms with van der Waals surface area (Å²) in [6.07, 6.45) is 6.05. The Hall–Kier alpha value is -0.940. The zero-order valence-electron chi connectivity index (χ0n) is 10.2. The van der Waals surface area contributed by atoms with Gasteiger partial charge >= 0.3 is 0 Å². The number of nitrogens with one attached hydrogen (secondary N) is 1. The van der Waals surface area contributed by atoms with Crippen LogP contribution in [0.1, 0.15) is 37.3 Å². The van der Waals surface area contributed by atoms with Crippen molar-refractivity contribution in [1.29, 1.82) is 0 Å². The zero-order chi connectivity index (χ0) is 11.5. The Kier molecular flexibility index (Phi) is 3.38. The van der Waals surface area contributed by atoms with Crippen LogP contribution in [0.3, 0.4) is 0 Å². The summed E-state index contributed by atoms with van der Waals surface area (Å²) < 4.78 is 7.97. The van der Waals surface area contributed by atoms with Crippen LogP contribution in [0.25, 0.3) is 0 Å². The van der Waals surface area contributed by atoms with Gasteiger partial charge in [0, 0.05) is 19.0 Å². The van der Waals surface area contributed by atoms with Gasteiger partial charge in [0.2, 0.25) is 0 Å². The van der Waals surface area contributed by atoms with E-state index in [1.165, 1.54) is 25.7 Å². The maximum atomic E-state index is 5.74. The molecule has 5 nitrogen and oxygen atoms in total. The van der Waals surface area contributed by atoms with Crippen LogP contribution in [0.2, 0.25) is 0 Å². The quantitative estimate of drug-likeness (QED) is 0.843. The summed E-state index contributed by atoms with van der Waals surface area (Å²) in [6.45, 7) is 3.59. The number of nitrogens with zero attached hydrogens (tertiary/aromatic N) is 3. The van der Waals surface area contributed by atoms with E-state index in [2.05, 4.69) is 20.1 Å². The number of aromatic nitrogens is 3. The second-order valence-corrected chi connectivity index (χ2v) is 4.95. The van der Waals surface area contributed by atoms with Gasteiger partial charge in [0.1, 0.15) is 12.4 Å². The van der Waals surface area contributed by atoms with Crippen molar-refractivity contribution in [2.75, 3.05) is 13.2 Å². The Bertz CT molecular complexity index is 371. The van der Waals surface area contributed by atoms with Crippen LogP contribution in [0, 0.1) is 0 Å². The van der Waals surface area contributed by atoms with Gasteiger partial charge in [-0.05, 0) is 32.2 Å². The minimum atomic E-state index is 0.541. The van der Waals surface area contributed by atoms with Crippen LogP contribution < -0.4 is 5.32 Å². The number of hydrogen-bond acceptors (Lipinski definition) is 4. The van der Waals surface area contributed by atoms with Crippen molar-refractivity contribution in [3.05, 3.63) is 11.6 Å². The molecule has 2 aliphatic heterocycles. The van der Waals surface area contributed by atoms with E-state index in [0.717, 1.165) is 37.8 Å². The standard InChI is InChI=1S/C12H20N4O/c1-2-7-16-11(5-1)14-15-12(16)9-17-8-10-4-3-6-13-10/h10,13H,1-9H2. The maximum Gasteiger partial charge on any atom is 0.159 e. The first-order chi connectivity index (χ1) is 8.43. The predicted molar refractivity (Wildman–Crippen MR) is 63.6 cm³/mol. The first kappa shape index (κ1) is 11.2. The minimum absolute atomic E-state index is 0.541. The van der Waals surface area contributed by atoms with Crippen molar-refractivity contribution >= 4 is 0 Å². The van der Waals surface area contributed by atoms with Crippen LogP contribution in [0.5, 0.6) is 0 Å². The molecular formula is C12H20N4O. The SMILES string of the molecule is C1CCn2c(nnc2COCC2CCCN2)C1. The van der Waals surface area contributed by atoms with Gasteiger partial charge in [0.15, 0.2) is 5.82 Å². The van der Waals surface area contributed by atoms with Gasteiger partial charge in [-0.15, -0.1) is 10.2 Å². The molecule has 1 N–H and O–H groups in total. The van der Waals surface area contributed by atoms with Gasteiger partial charge < -0.3 is 14.6 Å². The normalized spacial score (nSPS) is 23.9. The van der Waals surface area contributed by atoms with Crippen molar-refractivity contribution in [3.63, 3.8) is 0 Å². The molecule has 1 aromatic rings. The van der Waals surface area contributed by atoms with E-state index in [-0.39, 0.29) is 0 Å². The molecule has 2 aliphatic rings. The average Bonchev–Trinajstić information content (AvgIpc) is 2.99. The lowest BCUT2D eigenvalue weighted by Gasteiger charge is -2.15. The number of ether oxygens (including phenoxy) is 1. The lowest BCUT2D eigenvalue weighted by atomic mass is 10.2. The molecule has 1 aromatic heterocycles. The fourth-order valence-corrected chi connectivity index (χ4v) is 2.67. The molecule has 17 heavy (non-hydrogen) atoms. The van der Waals surface area contributed by atoms with Gasteiger partial charge in [-0.3, -0.25) is 0 Å². The van der Waals surface area contributed by atoms with Crippen molar-refractivity contribution in [2.24, 2.45) is 0 Å². The van der Waals surface area contributed by atoms with Crippen LogP contribution in [0.4, 0.5) is 0 Å². The summed E-state index contributed by atoms with van der Waals surface area (Å²) >= 11 is 0. The van der Waals surface area contributed by atoms with Crippen molar-refractivity contribution in [2.45, 2.75) is 51.3 Å². The highest BCUT2D eigenvalue weighted by molar-refractivity contribution is 4.97. The van der Waals surface area contributed by atoms with Crippen LogP contribution in [-0.2, 0) is 24.3 Å². The fourth-order valence-electron chi connectivity index (χ4n) is 2.67. The largest absolute Gasteiger partial charge is 0.372 e. The fraction of sp³-hybridized carbons (Fsp3) is 0.833.